The van der Waals surface area contributed by atoms with Gasteiger partial charge >= 0.3 is 66.8 Å². The predicted molar refractivity (Wildman–Crippen MR) is 47.3 cm³/mol. The average molecular weight is 330 g/mol. The zero-order valence-corrected chi connectivity index (χ0v) is 11.8. The van der Waals surface area contributed by atoms with E-state index in [4.69, 9.17) is 15.3 Å². The van der Waals surface area contributed by atoms with E-state index in [2.05, 4.69) is 0 Å². The van der Waals surface area contributed by atoms with Gasteiger partial charge in [0.25, 0.3) is 0 Å². The summed E-state index contributed by atoms with van der Waals surface area (Å²) in [5, 5.41) is 24.8. The van der Waals surface area contributed by atoms with Gasteiger partial charge in [0, 0.05) is 0 Å². The third-order valence-corrected chi connectivity index (χ3v) is 1.08. The Labute approximate surface area is 123 Å². The fraction of sp³-hybridized carbons (Fsp3) is 0.500. The van der Waals surface area contributed by atoms with Crippen LogP contribution in [0.4, 0.5) is 0 Å². The zero-order valence-electron chi connectivity index (χ0n) is 9.34. The van der Waals surface area contributed by atoms with Crippen LogP contribution >= 0.6 is 0 Å². The number of carboxylic acid groups (broad SMARTS) is 3. The van der Waals surface area contributed by atoms with E-state index in [0.717, 1.165) is 4.90 Å². The molecule has 0 aromatic carbocycles. The van der Waals surface area contributed by atoms with Crippen LogP contribution in [0.15, 0.2) is 0 Å². The fourth-order valence-corrected chi connectivity index (χ4v) is 0.742. The van der Waals surface area contributed by atoms with Gasteiger partial charge < -0.3 is 18.2 Å². The van der Waals surface area contributed by atoms with Crippen molar-refractivity contribution in [3.8, 4) is 0 Å². The molecule has 0 spiro atoms. The van der Waals surface area contributed by atoms with E-state index in [1.807, 2.05) is 0 Å². The molecule has 0 bridgehead atoms. The van der Waals surface area contributed by atoms with Gasteiger partial charge in [-0.15, -0.1) is 0 Å². The molecule has 0 aliphatic carbocycles. The van der Waals surface area contributed by atoms with E-state index in [-0.39, 0.29) is 51.7 Å². The molecule has 0 aromatic rings. The number of hydrogen-bond donors (Lipinski definition) is 3. The van der Waals surface area contributed by atoms with E-state index in [9.17, 15) is 14.4 Å². The number of carboxylic acids is 3. The molecule has 0 saturated carbocycles. The van der Waals surface area contributed by atoms with E-state index < -0.39 is 37.5 Å². The third-order valence-electron chi connectivity index (χ3n) is 1.08. The third kappa shape index (κ3) is 10.0. The van der Waals surface area contributed by atoms with Gasteiger partial charge in [0.05, 0.1) is 19.6 Å². The first-order valence-corrected chi connectivity index (χ1v) is 3.29. The van der Waals surface area contributed by atoms with Crippen molar-refractivity contribution in [2.75, 3.05) is 19.6 Å². The minimum absolute atomic E-state index is 0. The van der Waals surface area contributed by atoms with Gasteiger partial charge in [0.2, 0.25) is 0 Å². The number of carbonyl (C=O) groups is 3. The summed E-state index contributed by atoms with van der Waals surface area (Å²) in [6.45, 7) is -1.80. The Balaban J connectivity index is -0.000000240. The van der Waals surface area contributed by atoms with Crippen molar-refractivity contribution >= 4 is 66.8 Å². The molecule has 78 valence electrons. The van der Waals surface area contributed by atoms with Gasteiger partial charge in [0.1, 0.15) is 0 Å². The smallest absolute Gasteiger partial charge is 1.00 e. The molecule has 0 unspecified atom stereocenters. The molecule has 0 rings (SSSR count). The van der Waals surface area contributed by atoms with E-state index in [1.165, 1.54) is 0 Å². The monoisotopic (exact) mass is 331 g/mol. The molecular formula is C6H11BaNO6. The maximum atomic E-state index is 10.1. The molecule has 0 radical (unpaired) electrons. The second kappa shape index (κ2) is 8.27. The van der Waals surface area contributed by atoms with Gasteiger partial charge in [-0.25, -0.2) is 0 Å². The van der Waals surface area contributed by atoms with Crippen LogP contribution in [-0.4, -0.2) is 107 Å². The second-order valence-corrected chi connectivity index (χ2v) is 2.33. The van der Waals surface area contributed by atoms with Gasteiger partial charge in [-0.05, 0) is 0 Å². The maximum absolute atomic E-state index is 10.1. The van der Waals surface area contributed by atoms with Crippen LogP contribution < -0.4 is 0 Å². The normalized spacial score (nSPS) is 9.21. The van der Waals surface area contributed by atoms with Crippen LogP contribution in [0.25, 0.3) is 0 Å². The minimum Gasteiger partial charge on any atom is -1.00 e. The molecule has 14 heavy (non-hydrogen) atoms. The largest absolute Gasteiger partial charge is 2.00 e. The first kappa shape index (κ1) is 16.4. The summed E-state index contributed by atoms with van der Waals surface area (Å²) < 4.78 is 0. The number of rotatable bonds is 6. The van der Waals surface area contributed by atoms with Crippen molar-refractivity contribution in [3.05, 3.63) is 0 Å². The van der Waals surface area contributed by atoms with Crippen molar-refractivity contribution in [1.29, 1.82) is 0 Å². The summed E-state index contributed by atoms with van der Waals surface area (Å²) in [4.78, 5) is 31.2. The molecule has 0 heterocycles. The molecule has 0 fully saturated rings. The van der Waals surface area contributed by atoms with Crippen molar-refractivity contribution in [3.63, 3.8) is 0 Å². The Morgan fingerprint density at radius 1 is 0.857 bits per heavy atom. The predicted octanol–water partition coefficient (Wildman–Crippen LogP) is -1.61. The molecule has 0 amide bonds. The summed E-state index contributed by atoms with van der Waals surface area (Å²) in [5.41, 5.74) is 0. The summed E-state index contributed by atoms with van der Waals surface area (Å²) in [6.07, 6.45) is 0. The van der Waals surface area contributed by atoms with Gasteiger partial charge in [-0.3, -0.25) is 19.3 Å². The van der Waals surface area contributed by atoms with Crippen LogP contribution in [0.5, 0.6) is 0 Å². The molecule has 0 saturated heterocycles. The number of hydrogen-bond acceptors (Lipinski definition) is 4. The van der Waals surface area contributed by atoms with Crippen LogP contribution in [-0.2, 0) is 14.4 Å². The molecule has 0 aliphatic heterocycles. The van der Waals surface area contributed by atoms with Gasteiger partial charge in [-0.1, -0.05) is 0 Å². The minimum atomic E-state index is -1.26. The first-order valence-electron chi connectivity index (χ1n) is 3.29. The van der Waals surface area contributed by atoms with Gasteiger partial charge in [0.15, 0.2) is 0 Å². The van der Waals surface area contributed by atoms with Crippen LogP contribution in [0.1, 0.15) is 2.85 Å². The Morgan fingerprint density at radius 3 is 1.21 bits per heavy atom. The van der Waals surface area contributed by atoms with Gasteiger partial charge in [-0.2, -0.15) is 0 Å². The fourth-order valence-electron chi connectivity index (χ4n) is 0.742. The summed E-state index contributed by atoms with van der Waals surface area (Å²) in [7, 11) is 0. The van der Waals surface area contributed by atoms with Crippen molar-refractivity contribution < 1.29 is 32.6 Å². The molecule has 7 nitrogen and oxygen atoms in total. The molecule has 8 heteroatoms. The molecule has 3 N–H and O–H groups in total. The van der Waals surface area contributed by atoms with E-state index in [1.54, 1.807) is 0 Å². The second-order valence-electron chi connectivity index (χ2n) is 2.33. The standard InChI is InChI=1S/C6H9NO6.Ba.2H/c8-4(9)1-7(2-5(10)11)3-6(12)13;;;/h1-3H2,(H,8,9)(H,10,11)(H,12,13);;;/q;+2;2*-1. The zero-order chi connectivity index (χ0) is 10.4. The van der Waals surface area contributed by atoms with Crippen molar-refractivity contribution in [2.45, 2.75) is 0 Å². The number of aliphatic carboxylic acids is 3. The molecule has 0 atom stereocenters. The SMILES string of the molecule is O=C(O)CN(CC(=O)O)CC(=O)O.[Ba+2].[H-].[H-]. The van der Waals surface area contributed by atoms with Crippen LogP contribution in [0.3, 0.4) is 0 Å². The quantitative estimate of drug-likeness (QED) is 0.502. The number of nitrogens with zero attached hydrogens (tertiary/aromatic N) is 1. The summed E-state index contributed by atoms with van der Waals surface area (Å²) >= 11 is 0. The average Bonchev–Trinajstić information content (AvgIpc) is 1.80. The Hall–Kier alpha value is -0.0586. The van der Waals surface area contributed by atoms with E-state index >= 15 is 0 Å². The molecule has 0 aliphatic rings. The van der Waals surface area contributed by atoms with Crippen LogP contribution in [0.2, 0.25) is 0 Å². The first-order chi connectivity index (χ1) is 5.91. The Bertz CT molecular complexity index is 201. The van der Waals surface area contributed by atoms with Crippen LogP contribution in [0, 0.1) is 0 Å². The maximum Gasteiger partial charge on any atom is 2.00 e. The Kier molecular flexibility index (Phi) is 9.67. The summed E-state index contributed by atoms with van der Waals surface area (Å²) in [6, 6.07) is 0. The van der Waals surface area contributed by atoms with Crippen molar-refractivity contribution in [2.24, 2.45) is 0 Å². The van der Waals surface area contributed by atoms with E-state index in [0.29, 0.717) is 0 Å². The van der Waals surface area contributed by atoms with Crippen molar-refractivity contribution in [1.82, 2.24) is 4.90 Å². The Morgan fingerprint density at radius 2 is 1.07 bits per heavy atom. The molecular weight excluding hydrogens is 319 g/mol. The topological polar surface area (TPSA) is 115 Å². The molecule has 0 aromatic heterocycles. The summed E-state index contributed by atoms with van der Waals surface area (Å²) in [5.74, 6) is -3.78.